The first-order valence-corrected chi connectivity index (χ1v) is 6.04. The van der Waals surface area contributed by atoms with Crippen molar-refractivity contribution in [2.45, 2.75) is 25.9 Å². The van der Waals surface area contributed by atoms with E-state index in [4.69, 9.17) is 10.5 Å². The summed E-state index contributed by atoms with van der Waals surface area (Å²) in [6.07, 6.45) is 0. The number of nitrogens with zero attached hydrogens (tertiary/aromatic N) is 2. The lowest BCUT2D eigenvalue weighted by molar-refractivity contribution is 0.312. The molecule has 0 fully saturated rings. The Labute approximate surface area is 106 Å². The normalized spacial score (nSPS) is 18.7. The second kappa shape index (κ2) is 5.25. The van der Waals surface area contributed by atoms with E-state index in [9.17, 15) is 4.39 Å². The number of nitrogens with two attached hydrogens (primary N) is 1. The summed E-state index contributed by atoms with van der Waals surface area (Å²) in [5.41, 5.74) is 6.47. The lowest BCUT2D eigenvalue weighted by Crippen LogP contribution is -2.37. The monoisotopic (exact) mass is 251 g/mol. The summed E-state index contributed by atoms with van der Waals surface area (Å²) in [6.45, 7) is 5.40. The molecule has 0 radical (unpaired) electrons. The highest BCUT2D eigenvalue weighted by Gasteiger charge is 2.21. The van der Waals surface area contributed by atoms with Gasteiger partial charge in [-0.25, -0.2) is 9.38 Å². The van der Waals surface area contributed by atoms with Crippen molar-refractivity contribution in [3.63, 3.8) is 0 Å². The van der Waals surface area contributed by atoms with Gasteiger partial charge in [0.25, 0.3) is 6.02 Å². The van der Waals surface area contributed by atoms with Gasteiger partial charge >= 0.3 is 0 Å². The van der Waals surface area contributed by atoms with Gasteiger partial charge in [-0.2, -0.15) is 0 Å². The van der Waals surface area contributed by atoms with Crippen molar-refractivity contribution in [3.05, 3.63) is 30.1 Å². The SMILES string of the molecule is CC(C)N(CC1COC(N)=N1)c1ccc(F)cc1. The van der Waals surface area contributed by atoms with Crippen LogP contribution in [-0.4, -0.2) is 31.3 Å². The fourth-order valence-corrected chi connectivity index (χ4v) is 2.00. The summed E-state index contributed by atoms with van der Waals surface area (Å²) in [6, 6.07) is 7.07. The largest absolute Gasteiger partial charge is 0.463 e. The number of aliphatic imine (C=N–C) groups is 1. The Morgan fingerprint density at radius 2 is 2.11 bits per heavy atom. The summed E-state index contributed by atoms with van der Waals surface area (Å²) < 4.78 is 18.1. The van der Waals surface area contributed by atoms with Crippen molar-refractivity contribution in [3.8, 4) is 0 Å². The highest BCUT2D eigenvalue weighted by atomic mass is 19.1. The van der Waals surface area contributed by atoms with Gasteiger partial charge < -0.3 is 15.4 Å². The maximum absolute atomic E-state index is 12.9. The molecule has 1 aromatic rings. The fourth-order valence-electron chi connectivity index (χ4n) is 2.00. The molecule has 98 valence electrons. The molecule has 0 bridgehead atoms. The number of hydrogen-bond donors (Lipinski definition) is 1. The van der Waals surface area contributed by atoms with Crippen molar-refractivity contribution in [2.24, 2.45) is 10.7 Å². The zero-order valence-electron chi connectivity index (χ0n) is 10.6. The Kier molecular flexibility index (Phi) is 3.69. The second-order valence-electron chi connectivity index (χ2n) is 4.65. The minimum absolute atomic E-state index is 0.0393. The average molecular weight is 251 g/mol. The maximum Gasteiger partial charge on any atom is 0.282 e. The number of halogens is 1. The zero-order valence-corrected chi connectivity index (χ0v) is 10.6. The molecule has 5 heteroatoms. The van der Waals surface area contributed by atoms with E-state index in [1.165, 1.54) is 12.1 Å². The van der Waals surface area contributed by atoms with E-state index in [2.05, 4.69) is 23.7 Å². The minimum Gasteiger partial charge on any atom is -0.463 e. The molecule has 0 aliphatic carbocycles. The molecule has 2 N–H and O–H groups in total. The molecule has 0 saturated heterocycles. The molecular weight excluding hydrogens is 233 g/mol. The number of benzene rings is 1. The van der Waals surface area contributed by atoms with E-state index in [1.807, 2.05) is 0 Å². The van der Waals surface area contributed by atoms with Gasteiger partial charge in [0.15, 0.2) is 0 Å². The van der Waals surface area contributed by atoms with Crippen LogP contribution < -0.4 is 10.6 Å². The number of amidine groups is 1. The first kappa shape index (κ1) is 12.7. The molecule has 4 nitrogen and oxygen atoms in total. The van der Waals surface area contributed by atoms with Crippen LogP contribution in [0.2, 0.25) is 0 Å². The van der Waals surface area contributed by atoms with Crippen LogP contribution in [0.25, 0.3) is 0 Å². The first-order valence-electron chi connectivity index (χ1n) is 6.04. The van der Waals surface area contributed by atoms with Crippen molar-refractivity contribution in [2.75, 3.05) is 18.1 Å². The lowest BCUT2D eigenvalue weighted by Gasteiger charge is -2.30. The Hall–Kier alpha value is -1.78. The third-order valence-corrected chi connectivity index (χ3v) is 2.92. The molecule has 1 atom stereocenters. The molecule has 0 spiro atoms. The smallest absolute Gasteiger partial charge is 0.282 e. The van der Waals surface area contributed by atoms with Gasteiger partial charge in [0.2, 0.25) is 0 Å². The van der Waals surface area contributed by atoms with Gasteiger partial charge in [-0.05, 0) is 38.1 Å². The maximum atomic E-state index is 12.9. The topological polar surface area (TPSA) is 50.9 Å². The summed E-state index contributed by atoms with van der Waals surface area (Å²) in [5, 5.41) is 0. The van der Waals surface area contributed by atoms with Crippen LogP contribution in [0, 0.1) is 5.82 Å². The highest BCUT2D eigenvalue weighted by Crippen LogP contribution is 2.19. The average Bonchev–Trinajstić information content (AvgIpc) is 2.73. The van der Waals surface area contributed by atoms with Gasteiger partial charge in [0.05, 0.1) is 0 Å². The zero-order chi connectivity index (χ0) is 13.1. The number of ether oxygens (including phenoxy) is 1. The summed E-state index contributed by atoms with van der Waals surface area (Å²) in [5.74, 6) is -0.228. The molecule has 1 aliphatic rings. The van der Waals surface area contributed by atoms with Crippen molar-refractivity contribution in [1.29, 1.82) is 0 Å². The van der Waals surface area contributed by atoms with Crippen molar-refractivity contribution < 1.29 is 9.13 Å². The Balaban J connectivity index is 2.11. The van der Waals surface area contributed by atoms with Crippen LogP contribution in [0.3, 0.4) is 0 Å². The Bertz CT molecular complexity index is 430. The Morgan fingerprint density at radius 1 is 1.44 bits per heavy atom. The molecule has 2 rings (SSSR count). The molecule has 0 amide bonds. The molecule has 18 heavy (non-hydrogen) atoms. The number of hydrogen-bond acceptors (Lipinski definition) is 4. The third kappa shape index (κ3) is 2.91. The minimum atomic E-state index is -0.228. The van der Waals surface area contributed by atoms with Gasteiger partial charge in [-0.3, -0.25) is 0 Å². The summed E-state index contributed by atoms with van der Waals surface area (Å²) in [4.78, 5) is 6.37. The quantitative estimate of drug-likeness (QED) is 0.887. The van der Waals surface area contributed by atoms with Gasteiger partial charge in [0.1, 0.15) is 18.5 Å². The molecule has 1 heterocycles. The van der Waals surface area contributed by atoms with Gasteiger partial charge in [-0.1, -0.05) is 0 Å². The Morgan fingerprint density at radius 3 is 2.61 bits per heavy atom. The molecule has 1 aromatic carbocycles. The van der Waals surface area contributed by atoms with Gasteiger partial charge in [0, 0.05) is 18.3 Å². The number of rotatable bonds is 4. The lowest BCUT2D eigenvalue weighted by atomic mass is 10.2. The number of anilines is 1. The van der Waals surface area contributed by atoms with E-state index >= 15 is 0 Å². The van der Waals surface area contributed by atoms with Crippen LogP contribution in [0.1, 0.15) is 13.8 Å². The van der Waals surface area contributed by atoms with E-state index in [1.54, 1.807) is 12.1 Å². The second-order valence-corrected chi connectivity index (χ2v) is 4.65. The first-order chi connectivity index (χ1) is 8.56. The van der Waals surface area contributed by atoms with Crippen LogP contribution >= 0.6 is 0 Å². The van der Waals surface area contributed by atoms with Crippen LogP contribution in [-0.2, 0) is 4.74 Å². The van der Waals surface area contributed by atoms with E-state index in [-0.39, 0.29) is 17.9 Å². The van der Waals surface area contributed by atoms with Gasteiger partial charge in [-0.15, -0.1) is 0 Å². The van der Waals surface area contributed by atoms with E-state index < -0.39 is 0 Å². The van der Waals surface area contributed by atoms with Crippen molar-refractivity contribution in [1.82, 2.24) is 0 Å². The molecule has 0 aromatic heterocycles. The molecular formula is C13H18FN3O. The summed E-state index contributed by atoms with van der Waals surface area (Å²) >= 11 is 0. The predicted molar refractivity (Wildman–Crippen MR) is 70.2 cm³/mol. The molecule has 0 saturated carbocycles. The third-order valence-electron chi connectivity index (χ3n) is 2.92. The van der Waals surface area contributed by atoms with Crippen LogP contribution in [0.4, 0.5) is 10.1 Å². The predicted octanol–water partition coefficient (Wildman–Crippen LogP) is 1.75. The van der Waals surface area contributed by atoms with E-state index in [0.29, 0.717) is 19.2 Å². The summed E-state index contributed by atoms with van der Waals surface area (Å²) in [7, 11) is 0. The molecule has 1 unspecified atom stereocenters. The molecule has 1 aliphatic heterocycles. The highest BCUT2D eigenvalue weighted by molar-refractivity contribution is 5.73. The van der Waals surface area contributed by atoms with Crippen molar-refractivity contribution >= 4 is 11.7 Å². The standard InChI is InChI=1S/C13H18FN3O/c1-9(2)17(7-11-8-18-13(15)16-11)12-5-3-10(14)4-6-12/h3-6,9,11H,7-8H2,1-2H3,(H2,15,16). The van der Waals surface area contributed by atoms with Crippen LogP contribution in [0.15, 0.2) is 29.3 Å². The van der Waals surface area contributed by atoms with Crippen LogP contribution in [0.5, 0.6) is 0 Å². The van der Waals surface area contributed by atoms with E-state index in [0.717, 1.165) is 5.69 Å². The fraction of sp³-hybridized carbons (Fsp3) is 0.462.